The summed E-state index contributed by atoms with van der Waals surface area (Å²) in [5, 5.41) is 3.76. The zero-order valence-corrected chi connectivity index (χ0v) is 16.2. The number of anilines is 1. The van der Waals surface area contributed by atoms with Crippen LogP contribution in [0.25, 0.3) is 0 Å². The van der Waals surface area contributed by atoms with Crippen molar-refractivity contribution in [2.24, 2.45) is 0 Å². The average molecular weight is 380 g/mol. The first kappa shape index (κ1) is 19.6. The van der Waals surface area contributed by atoms with Gasteiger partial charge in [-0.05, 0) is 47.7 Å². The summed E-state index contributed by atoms with van der Waals surface area (Å²) in [5.41, 5.74) is 1.99. The van der Waals surface area contributed by atoms with E-state index in [1.807, 2.05) is 12.1 Å². The lowest BCUT2D eigenvalue weighted by Crippen LogP contribution is -2.13. The van der Waals surface area contributed by atoms with Crippen molar-refractivity contribution in [1.29, 1.82) is 0 Å². The Balaban J connectivity index is 1.74. The summed E-state index contributed by atoms with van der Waals surface area (Å²) < 4.78 is 5.69. The average Bonchev–Trinajstić information content (AvgIpc) is 2.50. The number of rotatable bonds is 6. The number of benzene rings is 2. The highest BCUT2D eigenvalue weighted by molar-refractivity contribution is 6.35. The van der Waals surface area contributed by atoms with Crippen LogP contribution < -0.4 is 10.1 Å². The lowest BCUT2D eigenvalue weighted by Gasteiger charge is -2.19. The van der Waals surface area contributed by atoms with Gasteiger partial charge in [0.2, 0.25) is 5.91 Å². The van der Waals surface area contributed by atoms with Crippen molar-refractivity contribution in [3.05, 3.63) is 58.1 Å². The molecule has 1 N–H and O–H groups in total. The molecule has 0 bridgehead atoms. The number of carbonyl (C=O) groups excluding carboxylic acids is 1. The van der Waals surface area contributed by atoms with E-state index in [4.69, 9.17) is 27.9 Å². The van der Waals surface area contributed by atoms with Gasteiger partial charge in [0.05, 0.1) is 6.61 Å². The van der Waals surface area contributed by atoms with Gasteiger partial charge >= 0.3 is 0 Å². The van der Waals surface area contributed by atoms with Gasteiger partial charge in [0.1, 0.15) is 5.75 Å². The number of carbonyl (C=O) groups is 1. The maximum Gasteiger partial charge on any atom is 0.224 e. The van der Waals surface area contributed by atoms with Crippen LogP contribution in [0.2, 0.25) is 10.0 Å². The summed E-state index contributed by atoms with van der Waals surface area (Å²) >= 11 is 11.8. The van der Waals surface area contributed by atoms with Crippen LogP contribution in [0, 0.1) is 0 Å². The van der Waals surface area contributed by atoms with Crippen molar-refractivity contribution >= 4 is 34.8 Å². The molecule has 0 aliphatic heterocycles. The minimum atomic E-state index is -0.0926. The summed E-state index contributed by atoms with van der Waals surface area (Å²) in [7, 11) is 0. The van der Waals surface area contributed by atoms with Crippen LogP contribution in [0.15, 0.2) is 42.5 Å². The molecule has 0 radical (unpaired) electrons. The van der Waals surface area contributed by atoms with Crippen LogP contribution in [-0.4, -0.2) is 12.5 Å². The van der Waals surface area contributed by atoms with Gasteiger partial charge in [-0.1, -0.05) is 56.1 Å². The monoisotopic (exact) mass is 379 g/mol. The van der Waals surface area contributed by atoms with Gasteiger partial charge < -0.3 is 10.1 Å². The van der Waals surface area contributed by atoms with Crippen molar-refractivity contribution in [3.63, 3.8) is 0 Å². The van der Waals surface area contributed by atoms with E-state index >= 15 is 0 Å². The molecule has 3 nitrogen and oxygen atoms in total. The molecule has 0 unspecified atom stereocenters. The minimum Gasteiger partial charge on any atom is -0.494 e. The fourth-order valence-electron chi connectivity index (χ4n) is 2.32. The third kappa shape index (κ3) is 6.60. The Bertz CT molecular complexity index is 701. The second kappa shape index (κ2) is 8.59. The summed E-state index contributed by atoms with van der Waals surface area (Å²) in [6.45, 7) is 7.01. The maximum absolute atomic E-state index is 11.9. The van der Waals surface area contributed by atoms with Gasteiger partial charge in [-0.2, -0.15) is 0 Å². The molecule has 0 saturated carbocycles. The molecule has 2 aromatic rings. The zero-order chi connectivity index (χ0) is 18.4. The summed E-state index contributed by atoms with van der Waals surface area (Å²) in [5.74, 6) is 0.722. The van der Waals surface area contributed by atoms with Gasteiger partial charge in [-0.15, -0.1) is 0 Å². The molecule has 0 aromatic heterocycles. The van der Waals surface area contributed by atoms with Crippen LogP contribution in [0.1, 0.15) is 39.2 Å². The largest absolute Gasteiger partial charge is 0.494 e. The van der Waals surface area contributed by atoms with Crippen molar-refractivity contribution in [2.45, 2.75) is 39.0 Å². The highest BCUT2D eigenvalue weighted by atomic mass is 35.5. The van der Waals surface area contributed by atoms with Crippen molar-refractivity contribution in [2.75, 3.05) is 11.9 Å². The van der Waals surface area contributed by atoms with Crippen LogP contribution in [-0.2, 0) is 10.2 Å². The minimum absolute atomic E-state index is 0.0926. The lowest BCUT2D eigenvalue weighted by atomic mass is 9.87. The Morgan fingerprint density at radius 1 is 1.04 bits per heavy atom. The number of halogens is 2. The first-order chi connectivity index (χ1) is 11.7. The molecular formula is C20H23Cl2NO2. The molecule has 1 amide bonds. The van der Waals surface area contributed by atoms with Crippen molar-refractivity contribution < 1.29 is 9.53 Å². The molecule has 0 heterocycles. The summed E-state index contributed by atoms with van der Waals surface area (Å²) in [6, 6.07) is 13.0. The second-order valence-electron chi connectivity index (χ2n) is 6.93. The number of ether oxygens (including phenoxy) is 1. The van der Waals surface area contributed by atoms with E-state index in [1.54, 1.807) is 18.2 Å². The Kier molecular flexibility index (Phi) is 6.74. The molecule has 0 spiro atoms. The van der Waals surface area contributed by atoms with Crippen LogP contribution >= 0.6 is 23.2 Å². The van der Waals surface area contributed by atoms with E-state index in [0.29, 0.717) is 35.2 Å². The SMILES string of the molecule is CC(C)(C)c1ccc(OCCCC(=O)Nc2cc(Cl)cc(Cl)c2)cc1. The van der Waals surface area contributed by atoms with Gasteiger partial charge in [0.15, 0.2) is 0 Å². The number of hydrogen-bond acceptors (Lipinski definition) is 2. The van der Waals surface area contributed by atoms with Crippen LogP contribution in [0.4, 0.5) is 5.69 Å². The predicted octanol–water partition coefficient (Wildman–Crippen LogP) is 6.09. The van der Waals surface area contributed by atoms with E-state index in [0.717, 1.165) is 5.75 Å². The topological polar surface area (TPSA) is 38.3 Å². The fraction of sp³-hybridized carbons (Fsp3) is 0.350. The predicted molar refractivity (Wildman–Crippen MR) is 105 cm³/mol. The molecule has 25 heavy (non-hydrogen) atoms. The Hall–Kier alpha value is -1.71. The van der Waals surface area contributed by atoms with E-state index in [2.05, 4.69) is 38.2 Å². The highest BCUT2D eigenvalue weighted by Crippen LogP contribution is 2.24. The fourth-order valence-corrected chi connectivity index (χ4v) is 2.85. The Morgan fingerprint density at radius 3 is 2.20 bits per heavy atom. The first-order valence-electron chi connectivity index (χ1n) is 8.23. The van der Waals surface area contributed by atoms with E-state index < -0.39 is 0 Å². The smallest absolute Gasteiger partial charge is 0.224 e. The molecule has 134 valence electrons. The van der Waals surface area contributed by atoms with Gasteiger partial charge in [-0.25, -0.2) is 0 Å². The second-order valence-corrected chi connectivity index (χ2v) is 7.81. The van der Waals surface area contributed by atoms with Crippen molar-refractivity contribution in [3.8, 4) is 5.75 Å². The summed E-state index contributed by atoms with van der Waals surface area (Å²) in [6.07, 6.45) is 0.991. The molecule has 2 aromatic carbocycles. The molecule has 2 rings (SSSR count). The van der Waals surface area contributed by atoms with Gasteiger partial charge in [-0.3, -0.25) is 4.79 Å². The molecule has 0 saturated heterocycles. The van der Waals surface area contributed by atoms with Gasteiger partial charge in [0.25, 0.3) is 0 Å². The maximum atomic E-state index is 11.9. The van der Waals surface area contributed by atoms with Crippen molar-refractivity contribution in [1.82, 2.24) is 0 Å². The van der Waals surface area contributed by atoms with E-state index in [1.165, 1.54) is 5.56 Å². The third-order valence-electron chi connectivity index (χ3n) is 3.68. The lowest BCUT2D eigenvalue weighted by molar-refractivity contribution is -0.116. The Labute approximate surface area is 159 Å². The standard InChI is InChI=1S/C20H23Cl2NO2/c1-20(2,3)14-6-8-18(9-7-14)25-10-4-5-19(24)23-17-12-15(21)11-16(22)13-17/h6-9,11-13H,4-5,10H2,1-3H3,(H,23,24). The third-order valence-corrected chi connectivity index (χ3v) is 4.12. The number of amides is 1. The molecule has 5 heteroatoms. The normalized spacial score (nSPS) is 11.2. The molecule has 0 aliphatic rings. The number of nitrogens with one attached hydrogen (secondary N) is 1. The quantitative estimate of drug-likeness (QED) is 0.616. The van der Waals surface area contributed by atoms with E-state index in [-0.39, 0.29) is 11.3 Å². The molecule has 0 fully saturated rings. The molecular weight excluding hydrogens is 357 g/mol. The van der Waals surface area contributed by atoms with E-state index in [9.17, 15) is 4.79 Å². The van der Waals surface area contributed by atoms with Crippen LogP contribution in [0.3, 0.4) is 0 Å². The summed E-state index contributed by atoms with van der Waals surface area (Å²) in [4.78, 5) is 11.9. The number of hydrogen-bond donors (Lipinski definition) is 1. The molecule has 0 aliphatic carbocycles. The molecule has 0 atom stereocenters. The zero-order valence-electron chi connectivity index (χ0n) is 14.7. The van der Waals surface area contributed by atoms with Crippen LogP contribution in [0.5, 0.6) is 5.75 Å². The highest BCUT2D eigenvalue weighted by Gasteiger charge is 2.13. The van der Waals surface area contributed by atoms with Gasteiger partial charge in [0, 0.05) is 22.2 Å². The Morgan fingerprint density at radius 2 is 1.64 bits per heavy atom. The first-order valence-corrected chi connectivity index (χ1v) is 8.99.